The van der Waals surface area contributed by atoms with Gasteiger partial charge in [0, 0.05) is 55.9 Å². The third-order valence-corrected chi connectivity index (χ3v) is 7.79. The monoisotopic (exact) mass is 594 g/mol. The molecule has 44 heavy (non-hydrogen) atoms. The lowest BCUT2D eigenvalue weighted by Crippen LogP contribution is -2.49. The minimum absolute atomic E-state index is 0.273. The number of hydrogen-bond acceptors (Lipinski definition) is 7. The van der Waals surface area contributed by atoms with Gasteiger partial charge in [-0.3, -0.25) is 14.3 Å². The molecule has 5 aromatic rings. The van der Waals surface area contributed by atoms with E-state index < -0.39 is 11.5 Å². The number of primary amides is 1. The first-order chi connectivity index (χ1) is 21.1. The largest absolute Gasteiger partial charge is 0.444 e. The van der Waals surface area contributed by atoms with E-state index in [1.807, 2.05) is 79.2 Å². The number of nitrogens with zero attached hydrogens (tertiary/aromatic N) is 6. The predicted molar refractivity (Wildman–Crippen MR) is 170 cm³/mol. The molecule has 0 aliphatic carbocycles. The van der Waals surface area contributed by atoms with Gasteiger partial charge in [0.05, 0.1) is 11.2 Å². The van der Waals surface area contributed by atoms with Crippen LogP contribution in [0.2, 0.25) is 0 Å². The zero-order valence-corrected chi connectivity index (χ0v) is 25.6. The van der Waals surface area contributed by atoms with Gasteiger partial charge in [0.15, 0.2) is 5.82 Å². The number of amides is 2. The van der Waals surface area contributed by atoms with Crippen LogP contribution >= 0.6 is 0 Å². The predicted octanol–water partition coefficient (Wildman–Crippen LogP) is 4.75. The number of benzene rings is 2. The number of nitrogens with two attached hydrogens (primary N) is 1. The summed E-state index contributed by atoms with van der Waals surface area (Å²) < 4.78 is 9.47. The Morgan fingerprint density at radius 3 is 2.41 bits per heavy atom. The van der Waals surface area contributed by atoms with Crippen molar-refractivity contribution in [2.75, 3.05) is 31.5 Å². The maximum Gasteiger partial charge on any atom is 0.410 e. The highest BCUT2D eigenvalue weighted by molar-refractivity contribution is 6.06. The molecule has 0 radical (unpaired) electrons. The molecular formula is C33H38N8O3. The summed E-state index contributed by atoms with van der Waals surface area (Å²) in [4.78, 5) is 33.8. The first kappa shape index (κ1) is 29.2. The molecule has 2 amide bonds. The summed E-state index contributed by atoms with van der Waals surface area (Å²) in [7, 11) is 0. The molecule has 0 bridgehead atoms. The van der Waals surface area contributed by atoms with Crippen LogP contribution in [0.25, 0.3) is 22.4 Å². The quantitative estimate of drug-likeness (QED) is 0.279. The zero-order chi connectivity index (χ0) is 31.0. The highest BCUT2D eigenvalue weighted by atomic mass is 16.6. The third-order valence-electron chi connectivity index (χ3n) is 7.79. The van der Waals surface area contributed by atoms with Crippen molar-refractivity contribution >= 4 is 34.2 Å². The van der Waals surface area contributed by atoms with Gasteiger partial charge in [-0.1, -0.05) is 36.4 Å². The van der Waals surface area contributed by atoms with Crippen LogP contribution in [0.15, 0.2) is 66.7 Å². The second-order valence-corrected chi connectivity index (χ2v) is 12.2. The molecule has 2 aromatic carbocycles. The van der Waals surface area contributed by atoms with Crippen LogP contribution in [0.5, 0.6) is 0 Å². The van der Waals surface area contributed by atoms with Crippen molar-refractivity contribution in [2.24, 2.45) is 5.73 Å². The fourth-order valence-electron chi connectivity index (χ4n) is 5.65. The molecule has 228 valence electrons. The third kappa shape index (κ3) is 5.96. The van der Waals surface area contributed by atoms with E-state index in [4.69, 9.17) is 20.6 Å². The lowest BCUT2D eigenvalue weighted by molar-refractivity contribution is 0.0137. The van der Waals surface area contributed by atoms with E-state index in [0.717, 1.165) is 46.5 Å². The molecule has 4 heterocycles. The van der Waals surface area contributed by atoms with Crippen molar-refractivity contribution < 1.29 is 14.3 Å². The Labute approximate surface area is 256 Å². The smallest absolute Gasteiger partial charge is 0.410 e. The van der Waals surface area contributed by atoms with Crippen LogP contribution in [0, 0.1) is 6.92 Å². The molecule has 0 saturated carbocycles. The van der Waals surface area contributed by atoms with Crippen molar-refractivity contribution in [2.45, 2.75) is 46.4 Å². The summed E-state index contributed by atoms with van der Waals surface area (Å²) in [5.41, 5.74) is 10.3. The van der Waals surface area contributed by atoms with Gasteiger partial charge in [0.25, 0.3) is 5.95 Å². The summed E-state index contributed by atoms with van der Waals surface area (Å²) >= 11 is 0. The van der Waals surface area contributed by atoms with E-state index >= 15 is 0 Å². The SMILES string of the molecule is Cc1cc2c(C(N)=O)cccc2n1-c1nc(NCc2ccccc2)c2ccc(CN3CCN(C(=O)OC(C)(C)C)CC3)n2n1. The fraction of sp³-hybridized carbons (Fsp3) is 0.333. The van der Waals surface area contributed by atoms with Crippen molar-refractivity contribution in [3.63, 3.8) is 0 Å². The highest BCUT2D eigenvalue weighted by Crippen LogP contribution is 2.28. The second kappa shape index (κ2) is 11.6. The minimum atomic E-state index is -0.520. The molecule has 11 nitrogen and oxygen atoms in total. The highest BCUT2D eigenvalue weighted by Gasteiger charge is 2.27. The number of aromatic nitrogens is 4. The van der Waals surface area contributed by atoms with E-state index in [1.165, 1.54) is 0 Å². The molecule has 1 aliphatic rings. The molecule has 1 saturated heterocycles. The fourth-order valence-corrected chi connectivity index (χ4v) is 5.65. The number of hydrogen-bond donors (Lipinski definition) is 2. The topological polar surface area (TPSA) is 123 Å². The summed E-state index contributed by atoms with van der Waals surface area (Å²) in [5.74, 6) is 0.704. The van der Waals surface area contributed by atoms with Gasteiger partial charge >= 0.3 is 6.09 Å². The number of rotatable bonds is 7. The van der Waals surface area contributed by atoms with Crippen LogP contribution in [-0.4, -0.2) is 72.7 Å². The standard InChI is InChI=1S/C33H38N8O3/c1-22-19-26-25(29(34)42)11-8-12-27(26)40(22)31-36-30(35-20-23-9-6-5-7-10-23)28-14-13-24(41(28)37-31)21-38-15-17-39(18-16-38)32(43)44-33(2,3)4/h5-14,19H,15-18,20-21H2,1-4H3,(H2,34,42)(H,35,36,37). The van der Waals surface area contributed by atoms with E-state index in [9.17, 15) is 9.59 Å². The first-order valence-electron chi connectivity index (χ1n) is 14.9. The number of ether oxygens (including phenoxy) is 1. The Morgan fingerprint density at radius 1 is 0.955 bits per heavy atom. The molecule has 1 aliphatic heterocycles. The second-order valence-electron chi connectivity index (χ2n) is 12.2. The van der Waals surface area contributed by atoms with Crippen LogP contribution < -0.4 is 11.1 Å². The van der Waals surface area contributed by atoms with Crippen LogP contribution in [0.4, 0.5) is 10.6 Å². The average Bonchev–Trinajstić information content (AvgIpc) is 3.55. The molecule has 6 rings (SSSR count). The summed E-state index contributed by atoms with van der Waals surface area (Å²) in [6.07, 6.45) is -0.273. The van der Waals surface area contributed by atoms with Gasteiger partial charge in [0.2, 0.25) is 5.91 Å². The number of fused-ring (bicyclic) bond motifs is 2. The molecule has 11 heteroatoms. The maximum atomic E-state index is 12.6. The Kier molecular flexibility index (Phi) is 7.73. The summed E-state index contributed by atoms with van der Waals surface area (Å²) in [6.45, 7) is 11.5. The van der Waals surface area contributed by atoms with E-state index in [2.05, 4.69) is 28.4 Å². The molecule has 3 N–H and O–H groups in total. The van der Waals surface area contributed by atoms with Gasteiger partial charge in [-0.05, 0) is 63.6 Å². The van der Waals surface area contributed by atoms with Crippen molar-refractivity contribution in [1.82, 2.24) is 29.0 Å². The van der Waals surface area contributed by atoms with Gasteiger partial charge in [-0.15, -0.1) is 5.10 Å². The van der Waals surface area contributed by atoms with Crippen LogP contribution in [0.1, 0.15) is 48.1 Å². The number of anilines is 1. The normalized spacial score (nSPS) is 14.3. The molecule has 3 aromatic heterocycles. The molecule has 0 atom stereocenters. The van der Waals surface area contributed by atoms with Crippen molar-refractivity contribution in [3.05, 3.63) is 89.2 Å². The molecular weight excluding hydrogens is 556 g/mol. The van der Waals surface area contributed by atoms with Gasteiger partial charge in [-0.2, -0.15) is 4.98 Å². The Morgan fingerprint density at radius 2 is 1.70 bits per heavy atom. The minimum Gasteiger partial charge on any atom is -0.444 e. The maximum absolute atomic E-state index is 12.6. The van der Waals surface area contributed by atoms with Crippen LogP contribution in [-0.2, 0) is 17.8 Å². The Balaban J connectivity index is 1.34. The zero-order valence-electron chi connectivity index (χ0n) is 25.6. The molecule has 1 fully saturated rings. The number of nitrogens with one attached hydrogen (secondary N) is 1. The summed E-state index contributed by atoms with van der Waals surface area (Å²) in [6, 6.07) is 21.7. The Bertz CT molecular complexity index is 1830. The number of carbonyl (C=O) groups excluding carboxylic acids is 2. The number of carbonyl (C=O) groups is 2. The number of aryl methyl sites for hydroxylation is 1. The lowest BCUT2D eigenvalue weighted by Gasteiger charge is -2.35. The van der Waals surface area contributed by atoms with Crippen molar-refractivity contribution in [3.8, 4) is 5.95 Å². The summed E-state index contributed by atoms with van der Waals surface area (Å²) in [5, 5.41) is 9.31. The van der Waals surface area contributed by atoms with E-state index in [-0.39, 0.29) is 6.09 Å². The van der Waals surface area contributed by atoms with Gasteiger partial charge in [-0.25, -0.2) is 9.31 Å². The first-order valence-corrected chi connectivity index (χ1v) is 14.9. The lowest BCUT2D eigenvalue weighted by atomic mass is 10.1. The number of piperazine rings is 1. The van der Waals surface area contributed by atoms with Crippen molar-refractivity contribution in [1.29, 1.82) is 0 Å². The average molecular weight is 595 g/mol. The molecule has 0 spiro atoms. The Hall–Kier alpha value is -4.90. The van der Waals surface area contributed by atoms with Gasteiger partial charge < -0.3 is 20.7 Å². The van der Waals surface area contributed by atoms with Crippen LogP contribution in [0.3, 0.4) is 0 Å². The van der Waals surface area contributed by atoms with E-state index in [1.54, 1.807) is 11.0 Å². The van der Waals surface area contributed by atoms with E-state index in [0.29, 0.717) is 43.5 Å². The van der Waals surface area contributed by atoms with Gasteiger partial charge in [0.1, 0.15) is 11.1 Å². The molecule has 0 unspecified atom stereocenters.